The lowest BCUT2D eigenvalue weighted by Gasteiger charge is -2.50. The first-order valence-corrected chi connectivity index (χ1v) is 4.82. The van der Waals surface area contributed by atoms with E-state index in [1.165, 1.54) is 6.42 Å². The van der Waals surface area contributed by atoms with Gasteiger partial charge in [-0.25, -0.2) is 0 Å². The molecule has 0 amide bonds. The SMILES string of the molecule is CC1(C)CCN1c1ccc(C=O)nc1. The Hall–Kier alpha value is -1.38. The van der Waals surface area contributed by atoms with Crippen molar-refractivity contribution in [1.29, 1.82) is 0 Å². The highest BCUT2D eigenvalue weighted by molar-refractivity contribution is 5.72. The fourth-order valence-corrected chi connectivity index (χ4v) is 1.78. The molecule has 0 atom stereocenters. The molecular weight excluding hydrogens is 176 g/mol. The van der Waals surface area contributed by atoms with Crippen LogP contribution in [0.4, 0.5) is 5.69 Å². The number of anilines is 1. The fraction of sp³-hybridized carbons (Fsp3) is 0.455. The molecule has 1 aliphatic rings. The van der Waals surface area contributed by atoms with Crippen molar-refractivity contribution in [3.63, 3.8) is 0 Å². The Balaban J connectivity index is 2.21. The second-order valence-corrected chi connectivity index (χ2v) is 4.27. The summed E-state index contributed by atoms with van der Waals surface area (Å²) in [5, 5.41) is 0. The second-order valence-electron chi connectivity index (χ2n) is 4.27. The molecule has 14 heavy (non-hydrogen) atoms. The van der Waals surface area contributed by atoms with Crippen molar-refractivity contribution in [2.75, 3.05) is 11.4 Å². The second kappa shape index (κ2) is 3.08. The minimum Gasteiger partial charge on any atom is -0.365 e. The summed E-state index contributed by atoms with van der Waals surface area (Å²) < 4.78 is 0. The Labute approximate surface area is 83.8 Å². The number of nitrogens with zero attached hydrogens (tertiary/aromatic N) is 2. The first kappa shape index (κ1) is 9.19. The molecule has 3 heteroatoms. The predicted octanol–water partition coefficient (Wildman–Crippen LogP) is 1.88. The minimum absolute atomic E-state index is 0.240. The molecule has 74 valence electrons. The molecule has 0 N–H and O–H groups in total. The molecule has 1 saturated heterocycles. The summed E-state index contributed by atoms with van der Waals surface area (Å²) in [6.45, 7) is 5.50. The van der Waals surface area contributed by atoms with Gasteiger partial charge in [0.05, 0.1) is 11.9 Å². The van der Waals surface area contributed by atoms with Gasteiger partial charge in [-0.1, -0.05) is 0 Å². The van der Waals surface area contributed by atoms with Gasteiger partial charge < -0.3 is 4.90 Å². The average Bonchev–Trinajstić information content (AvgIpc) is 2.18. The van der Waals surface area contributed by atoms with Gasteiger partial charge in [-0.15, -0.1) is 0 Å². The minimum atomic E-state index is 0.240. The standard InChI is InChI=1S/C11H14N2O/c1-11(2)5-6-13(11)10-4-3-9(8-14)12-7-10/h3-4,7-8H,5-6H2,1-2H3. The first-order valence-electron chi connectivity index (χ1n) is 4.82. The highest BCUT2D eigenvalue weighted by atomic mass is 16.1. The summed E-state index contributed by atoms with van der Waals surface area (Å²) in [5.41, 5.74) is 1.84. The molecule has 0 radical (unpaired) electrons. The molecule has 1 aliphatic heterocycles. The van der Waals surface area contributed by atoms with E-state index in [-0.39, 0.29) is 5.54 Å². The summed E-state index contributed by atoms with van der Waals surface area (Å²) in [5.74, 6) is 0. The summed E-state index contributed by atoms with van der Waals surface area (Å²) in [6.07, 6.45) is 3.75. The third-order valence-electron chi connectivity index (χ3n) is 2.88. The monoisotopic (exact) mass is 190 g/mol. The van der Waals surface area contributed by atoms with E-state index in [1.54, 1.807) is 12.3 Å². The molecule has 2 rings (SSSR count). The van der Waals surface area contributed by atoms with Crippen LogP contribution in [0.1, 0.15) is 30.8 Å². The van der Waals surface area contributed by atoms with Gasteiger partial charge in [0.1, 0.15) is 5.69 Å². The Morgan fingerprint density at radius 1 is 1.50 bits per heavy atom. The lowest BCUT2D eigenvalue weighted by Crippen LogP contribution is -2.56. The van der Waals surface area contributed by atoms with Gasteiger partial charge in [0.25, 0.3) is 0 Å². The number of pyridine rings is 1. The van der Waals surface area contributed by atoms with Gasteiger partial charge in [0.15, 0.2) is 6.29 Å². The maximum absolute atomic E-state index is 10.4. The summed E-state index contributed by atoms with van der Waals surface area (Å²) in [4.78, 5) is 16.8. The van der Waals surface area contributed by atoms with Crippen molar-refractivity contribution in [3.05, 3.63) is 24.0 Å². The molecule has 0 spiro atoms. The van der Waals surface area contributed by atoms with Crippen molar-refractivity contribution in [1.82, 2.24) is 4.98 Å². The van der Waals surface area contributed by atoms with Crippen LogP contribution in [0.5, 0.6) is 0 Å². The molecular formula is C11H14N2O. The molecule has 0 saturated carbocycles. The summed E-state index contributed by atoms with van der Waals surface area (Å²) in [6, 6.07) is 3.72. The summed E-state index contributed by atoms with van der Waals surface area (Å²) in [7, 11) is 0. The molecule has 1 aromatic heterocycles. The zero-order chi connectivity index (χ0) is 10.2. The van der Waals surface area contributed by atoms with Crippen molar-refractivity contribution in [2.24, 2.45) is 0 Å². The molecule has 1 fully saturated rings. The van der Waals surface area contributed by atoms with Crippen LogP contribution in [-0.2, 0) is 0 Å². The number of rotatable bonds is 2. The third kappa shape index (κ3) is 1.39. The van der Waals surface area contributed by atoms with Crippen LogP contribution < -0.4 is 4.90 Å². The zero-order valence-corrected chi connectivity index (χ0v) is 8.53. The third-order valence-corrected chi connectivity index (χ3v) is 2.88. The van der Waals surface area contributed by atoms with Crippen LogP contribution in [0.25, 0.3) is 0 Å². The number of hydrogen-bond donors (Lipinski definition) is 0. The molecule has 3 nitrogen and oxygen atoms in total. The van der Waals surface area contributed by atoms with Gasteiger partial charge >= 0.3 is 0 Å². The van der Waals surface area contributed by atoms with Gasteiger partial charge in [-0.05, 0) is 32.4 Å². The zero-order valence-electron chi connectivity index (χ0n) is 8.53. The lowest BCUT2D eigenvalue weighted by atomic mass is 9.88. The van der Waals surface area contributed by atoms with Crippen molar-refractivity contribution >= 4 is 12.0 Å². The van der Waals surface area contributed by atoms with E-state index in [2.05, 4.69) is 23.7 Å². The Bertz CT molecular complexity index is 343. The number of aldehydes is 1. The van der Waals surface area contributed by atoms with Crippen LogP contribution in [0, 0.1) is 0 Å². The van der Waals surface area contributed by atoms with E-state index < -0.39 is 0 Å². The molecule has 0 aliphatic carbocycles. The van der Waals surface area contributed by atoms with E-state index >= 15 is 0 Å². The van der Waals surface area contributed by atoms with Gasteiger partial charge in [0, 0.05) is 12.1 Å². The highest BCUT2D eigenvalue weighted by Gasteiger charge is 2.35. The van der Waals surface area contributed by atoms with Crippen LogP contribution in [0.2, 0.25) is 0 Å². The Kier molecular flexibility index (Phi) is 2.02. The Morgan fingerprint density at radius 2 is 2.29 bits per heavy atom. The van der Waals surface area contributed by atoms with E-state index in [1.807, 2.05) is 6.07 Å². The number of carbonyl (C=O) groups excluding carboxylic acids is 1. The molecule has 2 heterocycles. The van der Waals surface area contributed by atoms with Crippen molar-refractivity contribution < 1.29 is 4.79 Å². The lowest BCUT2D eigenvalue weighted by molar-refractivity contribution is 0.111. The largest absolute Gasteiger partial charge is 0.365 e. The molecule has 0 unspecified atom stereocenters. The highest BCUT2D eigenvalue weighted by Crippen LogP contribution is 2.34. The number of hydrogen-bond acceptors (Lipinski definition) is 3. The van der Waals surface area contributed by atoms with Crippen LogP contribution in [0.15, 0.2) is 18.3 Å². The van der Waals surface area contributed by atoms with E-state index in [4.69, 9.17) is 0 Å². The van der Waals surface area contributed by atoms with Gasteiger partial charge in [-0.2, -0.15) is 0 Å². The smallest absolute Gasteiger partial charge is 0.168 e. The van der Waals surface area contributed by atoms with Crippen LogP contribution in [0.3, 0.4) is 0 Å². The van der Waals surface area contributed by atoms with Crippen molar-refractivity contribution in [2.45, 2.75) is 25.8 Å². The van der Waals surface area contributed by atoms with E-state index in [9.17, 15) is 4.79 Å². The van der Waals surface area contributed by atoms with Gasteiger partial charge in [0.2, 0.25) is 0 Å². The fourth-order valence-electron chi connectivity index (χ4n) is 1.78. The summed E-state index contributed by atoms with van der Waals surface area (Å²) >= 11 is 0. The molecule has 0 aromatic carbocycles. The molecule has 1 aromatic rings. The number of carbonyl (C=O) groups is 1. The average molecular weight is 190 g/mol. The normalized spacial score (nSPS) is 18.9. The number of aromatic nitrogens is 1. The topological polar surface area (TPSA) is 33.2 Å². The van der Waals surface area contributed by atoms with E-state index in [0.717, 1.165) is 18.5 Å². The maximum Gasteiger partial charge on any atom is 0.168 e. The first-order chi connectivity index (χ1) is 6.63. The van der Waals surface area contributed by atoms with Crippen LogP contribution >= 0.6 is 0 Å². The maximum atomic E-state index is 10.4. The van der Waals surface area contributed by atoms with Crippen LogP contribution in [-0.4, -0.2) is 23.4 Å². The molecule has 0 bridgehead atoms. The van der Waals surface area contributed by atoms with Gasteiger partial charge in [-0.3, -0.25) is 9.78 Å². The predicted molar refractivity (Wildman–Crippen MR) is 55.7 cm³/mol. The van der Waals surface area contributed by atoms with E-state index in [0.29, 0.717) is 5.69 Å². The van der Waals surface area contributed by atoms with Crippen molar-refractivity contribution in [3.8, 4) is 0 Å². The Morgan fingerprint density at radius 3 is 2.64 bits per heavy atom. The quantitative estimate of drug-likeness (QED) is 0.668.